The molecule has 1 N–H and O–H groups in total. The standard InChI is InChI=1S/C17H19F2NO/c1-12(2)20-10-13-6-8-14(9-7-13)11-21-16-5-3-4-15(18)17(16)19/h3-9,12,20H,10-11H2,1-2H3. The van der Waals surface area contributed by atoms with Gasteiger partial charge in [-0.05, 0) is 23.3 Å². The molecule has 21 heavy (non-hydrogen) atoms. The van der Waals surface area contributed by atoms with Crippen LogP contribution in [0.1, 0.15) is 25.0 Å². The van der Waals surface area contributed by atoms with Crippen molar-refractivity contribution in [2.45, 2.75) is 33.0 Å². The van der Waals surface area contributed by atoms with Crippen molar-refractivity contribution in [3.63, 3.8) is 0 Å². The Labute approximate surface area is 123 Å². The molecule has 4 heteroatoms. The summed E-state index contributed by atoms with van der Waals surface area (Å²) in [6.07, 6.45) is 0. The normalized spacial score (nSPS) is 10.9. The second-order valence-corrected chi connectivity index (χ2v) is 5.19. The summed E-state index contributed by atoms with van der Waals surface area (Å²) in [6.45, 7) is 5.20. The average molecular weight is 291 g/mol. The number of ether oxygens (including phenoxy) is 1. The average Bonchev–Trinajstić information content (AvgIpc) is 2.48. The zero-order valence-corrected chi connectivity index (χ0v) is 12.2. The van der Waals surface area contributed by atoms with E-state index in [0.29, 0.717) is 6.04 Å². The Kier molecular flexibility index (Phi) is 5.28. The van der Waals surface area contributed by atoms with Gasteiger partial charge in [-0.1, -0.05) is 44.2 Å². The van der Waals surface area contributed by atoms with Crippen LogP contribution in [-0.4, -0.2) is 6.04 Å². The molecule has 2 rings (SSSR count). The molecular weight excluding hydrogens is 272 g/mol. The van der Waals surface area contributed by atoms with Gasteiger partial charge in [-0.15, -0.1) is 0 Å². The Morgan fingerprint density at radius 1 is 1.00 bits per heavy atom. The maximum Gasteiger partial charge on any atom is 0.200 e. The number of halogens is 2. The quantitative estimate of drug-likeness (QED) is 0.867. The minimum Gasteiger partial charge on any atom is -0.486 e. The van der Waals surface area contributed by atoms with E-state index in [-0.39, 0.29) is 12.4 Å². The zero-order chi connectivity index (χ0) is 15.2. The van der Waals surface area contributed by atoms with Gasteiger partial charge >= 0.3 is 0 Å². The van der Waals surface area contributed by atoms with Gasteiger partial charge in [0, 0.05) is 12.6 Å². The first kappa shape index (κ1) is 15.4. The van der Waals surface area contributed by atoms with Crippen LogP contribution in [0.4, 0.5) is 8.78 Å². The van der Waals surface area contributed by atoms with Gasteiger partial charge in [0.25, 0.3) is 0 Å². The van der Waals surface area contributed by atoms with E-state index in [9.17, 15) is 8.78 Å². The van der Waals surface area contributed by atoms with Gasteiger partial charge in [-0.25, -0.2) is 4.39 Å². The van der Waals surface area contributed by atoms with Crippen LogP contribution in [0.15, 0.2) is 42.5 Å². The maximum atomic E-state index is 13.4. The first-order chi connectivity index (χ1) is 10.1. The van der Waals surface area contributed by atoms with Crippen LogP contribution in [0, 0.1) is 11.6 Å². The van der Waals surface area contributed by atoms with E-state index >= 15 is 0 Å². The first-order valence-electron chi connectivity index (χ1n) is 6.94. The summed E-state index contributed by atoms with van der Waals surface area (Å²) >= 11 is 0. The lowest BCUT2D eigenvalue weighted by Crippen LogP contribution is -2.21. The van der Waals surface area contributed by atoms with Gasteiger partial charge in [0.15, 0.2) is 11.6 Å². The zero-order valence-electron chi connectivity index (χ0n) is 12.2. The second-order valence-electron chi connectivity index (χ2n) is 5.19. The highest BCUT2D eigenvalue weighted by Crippen LogP contribution is 2.20. The predicted molar refractivity (Wildman–Crippen MR) is 79.1 cm³/mol. The predicted octanol–water partition coefficient (Wildman–Crippen LogP) is 4.04. The molecule has 0 atom stereocenters. The van der Waals surface area contributed by atoms with Crippen LogP contribution in [0.3, 0.4) is 0 Å². The number of hydrogen-bond acceptors (Lipinski definition) is 2. The second kappa shape index (κ2) is 7.18. The largest absolute Gasteiger partial charge is 0.486 e. The van der Waals surface area contributed by atoms with Gasteiger partial charge in [0.05, 0.1) is 0 Å². The van der Waals surface area contributed by atoms with Crippen LogP contribution in [0.25, 0.3) is 0 Å². The lowest BCUT2D eigenvalue weighted by Gasteiger charge is -2.10. The molecule has 0 amide bonds. The van der Waals surface area contributed by atoms with E-state index in [4.69, 9.17) is 4.74 Å². The van der Waals surface area contributed by atoms with Gasteiger partial charge in [0.1, 0.15) is 6.61 Å². The molecule has 2 aromatic rings. The molecule has 112 valence electrons. The Morgan fingerprint density at radius 3 is 2.33 bits per heavy atom. The van der Waals surface area contributed by atoms with E-state index in [0.717, 1.165) is 18.2 Å². The molecule has 0 fully saturated rings. The van der Waals surface area contributed by atoms with Crippen LogP contribution in [-0.2, 0) is 13.2 Å². The topological polar surface area (TPSA) is 21.3 Å². The summed E-state index contributed by atoms with van der Waals surface area (Å²) in [5.41, 5.74) is 2.08. The van der Waals surface area contributed by atoms with Crippen LogP contribution >= 0.6 is 0 Å². The molecule has 0 aromatic heterocycles. The highest BCUT2D eigenvalue weighted by atomic mass is 19.2. The minimum atomic E-state index is -0.949. The molecule has 0 spiro atoms. The highest BCUT2D eigenvalue weighted by molar-refractivity contribution is 5.26. The maximum absolute atomic E-state index is 13.4. The van der Waals surface area contributed by atoms with Crippen LogP contribution in [0.5, 0.6) is 5.75 Å². The monoisotopic (exact) mass is 291 g/mol. The number of benzene rings is 2. The molecular formula is C17H19F2NO. The van der Waals surface area contributed by atoms with Crippen molar-refractivity contribution in [2.24, 2.45) is 0 Å². The summed E-state index contributed by atoms with van der Waals surface area (Å²) in [7, 11) is 0. The molecule has 0 saturated heterocycles. The van der Waals surface area contributed by atoms with Crippen LogP contribution < -0.4 is 10.1 Å². The van der Waals surface area contributed by atoms with E-state index in [1.54, 1.807) is 0 Å². The molecule has 2 aromatic carbocycles. The smallest absolute Gasteiger partial charge is 0.200 e. The van der Waals surface area contributed by atoms with E-state index in [1.165, 1.54) is 17.7 Å². The summed E-state index contributed by atoms with van der Waals surface area (Å²) in [5.74, 6) is -1.92. The van der Waals surface area contributed by atoms with E-state index < -0.39 is 11.6 Å². The Hall–Kier alpha value is -1.94. The molecule has 0 aliphatic carbocycles. The molecule has 0 radical (unpaired) electrons. The van der Waals surface area contributed by atoms with Gasteiger partial charge in [-0.3, -0.25) is 0 Å². The fourth-order valence-electron chi connectivity index (χ4n) is 1.83. The van der Waals surface area contributed by atoms with Crippen molar-refractivity contribution >= 4 is 0 Å². The number of hydrogen-bond donors (Lipinski definition) is 1. The molecule has 0 heterocycles. The van der Waals surface area contributed by atoms with Gasteiger partial charge in [-0.2, -0.15) is 4.39 Å². The minimum absolute atomic E-state index is 0.0689. The van der Waals surface area contributed by atoms with Crippen molar-refractivity contribution in [1.82, 2.24) is 5.32 Å². The summed E-state index contributed by atoms with van der Waals surface area (Å²) in [6, 6.07) is 12.2. The Bertz CT molecular complexity index is 582. The third kappa shape index (κ3) is 4.53. The van der Waals surface area contributed by atoms with Crippen LogP contribution in [0.2, 0.25) is 0 Å². The Morgan fingerprint density at radius 2 is 1.67 bits per heavy atom. The SMILES string of the molecule is CC(C)NCc1ccc(COc2cccc(F)c2F)cc1. The molecule has 0 aliphatic heterocycles. The van der Waals surface area contributed by atoms with Gasteiger partial charge in [0.2, 0.25) is 5.82 Å². The number of rotatable bonds is 6. The lowest BCUT2D eigenvalue weighted by molar-refractivity contribution is 0.284. The summed E-state index contributed by atoms with van der Waals surface area (Å²) in [5, 5.41) is 3.33. The molecule has 0 saturated carbocycles. The lowest BCUT2D eigenvalue weighted by atomic mass is 10.1. The highest BCUT2D eigenvalue weighted by Gasteiger charge is 2.08. The first-order valence-corrected chi connectivity index (χ1v) is 6.94. The van der Waals surface area contributed by atoms with E-state index in [1.807, 2.05) is 24.3 Å². The van der Waals surface area contributed by atoms with E-state index in [2.05, 4.69) is 19.2 Å². The Balaban J connectivity index is 1.93. The fraction of sp³-hybridized carbons (Fsp3) is 0.294. The molecule has 2 nitrogen and oxygen atoms in total. The third-order valence-corrected chi connectivity index (χ3v) is 3.05. The van der Waals surface area contributed by atoms with Crippen molar-refractivity contribution < 1.29 is 13.5 Å². The van der Waals surface area contributed by atoms with Crippen molar-refractivity contribution in [2.75, 3.05) is 0 Å². The number of nitrogens with one attached hydrogen (secondary N) is 1. The van der Waals surface area contributed by atoms with Crippen molar-refractivity contribution in [1.29, 1.82) is 0 Å². The fourth-order valence-corrected chi connectivity index (χ4v) is 1.83. The molecule has 0 unspecified atom stereocenters. The van der Waals surface area contributed by atoms with Crippen molar-refractivity contribution in [3.8, 4) is 5.75 Å². The third-order valence-electron chi connectivity index (χ3n) is 3.05. The van der Waals surface area contributed by atoms with Crippen molar-refractivity contribution in [3.05, 3.63) is 65.2 Å². The van der Waals surface area contributed by atoms with Gasteiger partial charge < -0.3 is 10.1 Å². The summed E-state index contributed by atoms with van der Waals surface area (Å²) < 4.78 is 31.8. The molecule has 0 aliphatic rings. The molecule has 0 bridgehead atoms. The summed E-state index contributed by atoms with van der Waals surface area (Å²) in [4.78, 5) is 0.